The molecule has 2 heteroatoms. The molecule has 0 aliphatic carbocycles. The van der Waals surface area contributed by atoms with Crippen LogP contribution in [0.25, 0.3) is 0 Å². The van der Waals surface area contributed by atoms with E-state index in [1.165, 1.54) is 18.4 Å². The summed E-state index contributed by atoms with van der Waals surface area (Å²) in [5.74, 6) is 0. The molecule has 0 aliphatic heterocycles. The molecule has 1 atom stereocenters. The molecule has 17 heavy (non-hydrogen) atoms. The quantitative estimate of drug-likeness (QED) is 0.534. The number of rotatable bonds is 8. The molecule has 0 radical (unpaired) electrons. The van der Waals surface area contributed by atoms with E-state index in [0.29, 0.717) is 0 Å². The van der Waals surface area contributed by atoms with Crippen molar-refractivity contribution in [3.8, 4) is 0 Å². The SMILES string of the molecule is CC(O)C=CCNCCCCc1ccccc1. The number of nitrogens with one attached hydrogen (secondary N) is 1. The number of aliphatic hydroxyl groups is 1. The zero-order valence-corrected chi connectivity index (χ0v) is 10.6. The standard InChI is InChI=1S/C15H23NO/c1-14(17)8-7-13-16-12-6-5-11-15-9-3-2-4-10-15/h2-4,7-10,14,16-17H,5-6,11-13H2,1H3. The first-order chi connectivity index (χ1) is 8.29. The van der Waals surface area contributed by atoms with E-state index in [4.69, 9.17) is 5.11 Å². The van der Waals surface area contributed by atoms with Gasteiger partial charge >= 0.3 is 0 Å². The van der Waals surface area contributed by atoms with E-state index in [0.717, 1.165) is 19.5 Å². The van der Waals surface area contributed by atoms with Gasteiger partial charge in [-0.1, -0.05) is 42.5 Å². The smallest absolute Gasteiger partial charge is 0.0693 e. The first kappa shape index (κ1) is 13.9. The lowest BCUT2D eigenvalue weighted by molar-refractivity contribution is 0.244. The summed E-state index contributed by atoms with van der Waals surface area (Å²) in [5, 5.41) is 12.3. The summed E-state index contributed by atoms with van der Waals surface area (Å²) < 4.78 is 0. The second kappa shape index (κ2) is 8.97. The monoisotopic (exact) mass is 233 g/mol. The molecule has 0 spiro atoms. The molecule has 0 aromatic heterocycles. The van der Waals surface area contributed by atoms with Crippen LogP contribution in [0.15, 0.2) is 42.5 Å². The summed E-state index contributed by atoms with van der Waals surface area (Å²) in [4.78, 5) is 0. The van der Waals surface area contributed by atoms with Crippen molar-refractivity contribution in [3.63, 3.8) is 0 Å². The Balaban J connectivity index is 1.95. The van der Waals surface area contributed by atoms with Crippen LogP contribution >= 0.6 is 0 Å². The minimum absolute atomic E-state index is 0.338. The van der Waals surface area contributed by atoms with Crippen molar-refractivity contribution in [2.75, 3.05) is 13.1 Å². The number of aryl methyl sites for hydroxylation is 1. The van der Waals surface area contributed by atoms with Crippen molar-refractivity contribution in [1.82, 2.24) is 5.32 Å². The van der Waals surface area contributed by atoms with E-state index in [1.807, 2.05) is 6.08 Å². The highest BCUT2D eigenvalue weighted by molar-refractivity contribution is 5.14. The van der Waals surface area contributed by atoms with Gasteiger partial charge in [-0.15, -0.1) is 0 Å². The number of benzene rings is 1. The first-order valence-electron chi connectivity index (χ1n) is 6.38. The molecule has 1 rings (SSSR count). The van der Waals surface area contributed by atoms with Gasteiger partial charge in [-0.3, -0.25) is 0 Å². The Labute approximate surface area is 104 Å². The lowest BCUT2D eigenvalue weighted by atomic mass is 10.1. The molecule has 0 saturated heterocycles. The highest BCUT2D eigenvalue weighted by atomic mass is 16.3. The predicted molar refractivity (Wildman–Crippen MR) is 73.1 cm³/mol. The number of hydrogen-bond acceptors (Lipinski definition) is 2. The van der Waals surface area contributed by atoms with Crippen molar-refractivity contribution >= 4 is 0 Å². The van der Waals surface area contributed by atoms with Crippen LogP contribution in [0.5, 0.6) is 0 Å². The molecule has 1 unspecified atom stereocenters. The van der Waals surface area contributed by atoms with Crippen molar-refractivity contribution < 1.29 is 5.11 Å². The van der Waals surface area contributed by atoms with Crippen LogP contribution in [0.2, 0.25) is 0 Å². The summed E-state index contributed by atoms with van der Waals surface area (Å²) in [6, 6.07) is 10.6. The van der Waals surface area contributed by atoms with Gasteiger partial charge in [0.15, 0.2) is 0 Å². The molecular formula is C15H23NO. The van der Waals surface area contributed by atoms with E-state index < -0.39 is 0 Å². The average Bonchev–Trinajstić information content (AvgIpc) is 2.33. The predicted octanol–water partition coefficient (Wildman–Crippen LogP) is 2.54. The van der Waals surface area contributed by atoms with Gasteiger partial charge < -0.3 is 10.4 Å². The first-order valence-corrected chi connectivity index (χ1v) is 6.38. The fourth-order valence-corrected chi connectivity index (χ4v) is 1.67. The maximum Gasteiger partial charge on any atom is 0.0693 e. The molecule has 0 aliphatic rings. The molecule has 0 bridgehead atoms. The topological polar surface area (TPSA) is 32.3 Å². The third-order valence-electron chi connectivity index (χ3n) is 2.59. The van der Waals surface area contributed by atoms with Crippen molar-refractivity contribution in [3.05, 3.63) is 48.0 Å². The number of unbranched alkanes of at least 4 members (excludes halogenated alkanes) is 1. The minimum Gasteiger partial charge on any atom is -0.389 e. The molecule has 0 heterocycles. The number of hydrogen-bond donors (Lipinski definition) is 2. The molecule has 1 aromatic carbocycles. The Morgan fingerprint density at radius 3 is 2.71 bits per heavy atom. The van der Waals surface area contributed by atoms with Gasteiger partial charge in [0.05, 0.1) is 6.10 Å². The van der Waals surface area contributed by atoms with Crippen molar-refractivity contribution in [2.24, 2.45) is 0 Å². The fourth-order valence-electron chi connectivity index (χ4n) is 1.67. The van der Waals surface area contributed by atoms with Crippen LogP contribution in [0.1, 0.15) is 25.3 Å². The van der Waals surface area contributed by atoms with Crippen LogP contribution in [0, 0.1) is 0 Å². The molecule has 94 valence electrons. The molecule has 2 N–H and O–H groups in total. The molecule has 0 saturated carbocycles. The summed E-state index contributed by atoms with van der Waals surface area (Å²) in [6.45, 7) is 3.64. The Hall–Kier alpha value is -1.12. The lowest BCUT2D eigenvalue weighted by Crippen LogP contribution is -2.15. The highest BCUT2D eigenvalue weighted by Crippen LogP contribution is 2.03. The Morgan fingerprint density at radius 1 is 1.24 bits per heavy atom. The molecule has 0 fully saturated rings. The zero-order valence-electron chi connectivity index (χ0n) is 10.6. The Bertz CT molecular complexity index is 306. The van der Waals surface area contributed by atoms with Crippen LogP contribution in [0.3, 0.4) is 0 Å². The van der Waals surface area contributed by atoms with E-state index in [2.05, 4.69) is 35.6 Å². The van der Waals surface area contributed by atoms with Crippen LogP contribution in [0.4, 0.5) is 0 Å². The second-order valence-electron chi connectivity index (χ2n) is 4.32. The molecule has 1 aromatic rings. The van der Waals surface area contributed by atoms with Crippen molar-refractivity contribution in [2.45, 2.75) is 32.3 Å². The van der Waals surface area contributed by atoms with Gasteiger partial charge in [-0.2, -0.15) is 0 Å². The van der Waals surface area contributed by atoms with Crippen LogP contribution in [-0.2, 0) is 6.42 Å². The van der Waals surface area contributed by atoms with E-state index >= 15 is 0 Å². The van der Waals surface area contributed by atoms with E-state index in [9.17, 15) is 0 Å². The normalized spacial score (nSPS) is 13.1. The maximum absolute atomic E-state index is 9.00. The van der Waals surface area contributed by atoms with Gasteiger partial charge in [0, 0.05) is 6.54 Å². The van der Waals surface area contributed by atoms with Gasteiger partial charge in [-0.05, 0) is 38.3 Å². The zero-order chi connectivity index (χ0) is 12.3. The van der Waals surface area contributed by atoms with E-state index in [-0.39, 0.29) is 6.10 Å². The van der Waals surface area contributed by atoms with Gasteiger partial charge in [0.1, 0.15) is 0 Å². The fraction of sp³-hybridized carbons (Fsp3) is 0.467. The lowest BCUT2D eigenvalue weighted by Gasteiger charge is -2.03. The van der Waals surface area contributed by atoms with Crippen LogP contribution < -0.4 is 5.32 Å². The molecular weight excluding hydrogens is 210 g/mol. The van der Waals surface area contributed by atoms with Gasteiger partial charge in [0.25, 0.3) is 0 Å². The highest BCUT2D eigenvalue weighted by Gasteiger charge is 1.92. The summed E-state index contributed by atoms with van der Waals surface area (Å²) in [5.41, 5.74) is 1.42. The summed E-state index contributed by atoms with van der Waals surface area (Å²) in [6.07, 6.45) is 7.01. The maximum atomic E-state index is 9.00. The third kappa shape index (κ3) is 7.72. The second-order valence-corrected chi connectivity index (χ2v) is 4.32. The van der Waals surface area contributed by atoms with Crippen molar-refractivity contribution in [1.29, 1.82) is 0 Å². The summed E-state index contributed by atoms with van der Waals surface area (Å²) >= 11 is 0. The molecule has 2 nitrogen and oxygen atoms in total. The van der Waals surface area contributed by atoms with Crippen LogP contribution in [-0.4, -0.2) is 24.3 Å². The minimum atomic E-state index is -0.338. The van der Waals surface area contributed by atoms with E-state index in [1.54, 1.807) is 13.0 Å². The number of aliphatic hydroxyl groups excluding tert-OH is 1. The van der Waals surface area contributed by atoms with Gasteiger partial charge in [0.2, 0.25) is 0 Å². The Kier molecular flexibility index (Phi) is 7.35. The average molecular weight is 233 g/mol. The Morgan fingerprint density at radius 2 is 2.00 bits per heavy atom. The molecule has 0 amide bonds. The largest absolute Gasteiger partial charge is 0.389 e. The summed E-state index contributed by atoms with van der Waals surface area (Å²) in [7, 11) is 0. The third-order valence-corrected chi connectivity index (χ3v) is 2.59. The van der Waals surface area contributed by atoms with Gasteiger partial charge in [-0.25, -0.2) is 0 Å².